The van der Waals surface area contributed by atoms with Gasteiger partial charge in [-0.3, -0.25) is 9.11 Å². The largest absolute Gasteiger partial charge is 0.442 e. The van der Waals surface area contributed by atoms with E-state index in [2.05, 4.69) is 10.3 Å². The van der Waals surface area contributed by atoms with E-state index in [4.69, 9.17) is 4.74 Å². The zero-order chi connectivity index (χ0) is 18.1. The van der Waals surface area contributed by atoms with Crippen LogP contribution < -0.4 is 9.80 Å². The molecule has 8 nitrogen and oxygen atoms in total. The van der Waals surface area contributed by atoms with Gasteiger partial charge in [-0.25, -0.2) is 13.9 Å². The molecule has 0 N–H and O–H groups in total. The maximum absolute atomic E-state index is 14.6. The zero-order valence-electron chi connectivity index (χ0n) is 14.0. The number of amides is 1. The number of hydrogen-bond acceptors (Lipinski definition) is 6. The number of nitrogens with zero attached hydrogens (tertiary/aromatic N) is 5. The molecule has 4 rings (SSSR count). The van der Waals surface area contributed by atoms with Crippen molar-refractivity contribution < 1.29 is 18.1 Å². The molecule has 1 amide bonds. The second kappa shape index (κ2) is 7.02. The van der Waals surface area contributed by atoms with Crippen LogP contribution in [0.3, 0.4) is 0 Å². The summed E-state index contributed by atoms with van der Waals surface area (Å²) < 4.78 is 33.0. The predicted octanol–water partition coefficient (Wildman–Crippen LogP) is 1.01. The highest BCUT2D eigenvalue weighted by atomic mass is 32.2. The van der Waals surface area contributed by atoms with Crippen LogP contribution in [0.5, 0.6) is 0 Å². The molecular weight excluding hydrogens is 361 g/mol. The number of benzene rings is 1. The normalized spacial score (nSPS) is 21.3. The fourth-order valence-corrected chi connectivity index (χ4v) is 4.22. The molecule has 2 aromatic rings. The first kappa shape index (κ1) is 17.0. The summed E-state index contributed by atoms with van der Waals surface area (Å²) in [5.74, 6) is 0.690. The van der Waals surface area contributed by atoms with Gasteiger partial charge in [0.1, 0.15) is 11.9 Å². The van der Waals surface area contributed by atoms with Crippen LogP contribution in [-0.2, 0) is 22.1 Å². The highest BCUT2D eigenvalue weighted by Gasteiger charge is 2.33. The Hall–Kier alpha value is -2.49. The Morgan fingerprint density at radius 1 is 1.31 bits per heavy atom. The number of anilines is 2. The number of halogens is 1. The molecule has 0 aliphatic carbocycles. The minimum atomic E-state index is -0.815. The third kappa shape index (κ3) is 3.41. The molecule has 1 aromatic carbocycles. The summed E-state index contributed by atoms with van der Waals surface area (Å²) in [4.78, 5) is 15.4. The van der Waals surface area contributed by atoms with Gasteiger partial charge < -0.3 is 9.64 Å². The van der Waals surface area contributed by atoms with Crippen molar-refractivity contribution in [2.24, 2.45) is 0 Å². The summed E-state index contributed by atoms with van der Waals surface area (Å²) in [5, 5.41) is 7.57. The number of cyclic esters (lactones) is 1. The van der Waals surface area contributed by atoms with E-state index in [1.54, 1.807) is 29.2 Å². The van der Waals surface area contributed by atoms with Crippen LogP contribution in [0.15, 0.2) is 30.6 Å². The lowest BCUT2D eigenvalue weighted by Gasteiger charge is -2.29. The fraction of sp³-hybridized carbons (Fsp3) is 0.438. The summed E-state index contributed by atoms with van der Waals surface area (Å²) in [6.07, 6.45) is 2.37. The molecular formula is C16H18FN5O3S. The average Bonchev–Trinajstić information content (AvgIpc) is 3.26. The summed E-state index contributed by atoms with van der Waals surface area (Å²) in [5.41, 5.74) is 0.926. The van der Waals surface area contributed by atoms with E-state index in [-0.39, 0.29) is 6.10 Å². The topological polar surface area (TPSA) is 80.6 Å². The molecule has 0 unspecified atom stereocenters. The first-order valence-corrected chi connectivity index (χ1v) is 9.80. The number of carbonyl (C=O) groups excluding carboxylic acids is 1. The monoisotopic (exact) mass is 379 g/mol. The quantitative estimate of drug-likeness (QED) is 0.789. The van der Waals surface area contributed by atoms with Crippen molar-refractivity contribution in [3.63, 3.8) is 0 Å². The molecule has 2 aliphatic rings. The van der Waals surface area contributed by atoms with Gasteiger partial charge in [0.05, 0.1) is 30.7 Å². The van der Waals surface area contributed by atoms with Gasteiger partial charge in [0, 0.05) is 41.6 Å². The predicted molar refractivity (Wildman–Crippen MR) is 94.1 cm³/mol. The lowest BCUT2D eigenvalue weighted by atomic mass is 10.2. The van der Waals surface area contributed by atoms with Crippen LogP contribution in [-0.4, -0.2) is 62.5 Å². The van der Waals surface area contributed by atoms with E-state index >= 15 is 0 Å². The van der Waals surface area contributed by atoms with Gasteiger partial charge in [-0.15, -0.1) is 5.10 Å². The van der Waals surface area contributed by atoms with Gasteiger partial charge in [-0.1, -0.05) is 5.21 Å². The smallest absolute Gasteiger partial charge is 0.414 e. The van der Waals surface area contributed by atoms with E-state index in [9.17, 15) is 13.4 Å². The SMILES string of the molecule is O=C1O[C@@H](Cn2ccnn2)CN1c1ccc(N2CCS(=O)CC2)c(F)c1. The minimum Gasteiger partial charge on any atom is -0.442 e. The number of hydrogen-bond donors (Lipinski definition) is 0. The van der Waals surface area contributed by atoms with Gasteiger partial charge in [-0.05, 0) is 18.2 Å². The van der Waals surface area contributed by atoms with Gasteiger partial charge >= 0.3 is 6.09 Å². The van der Waals surface area contributed by atoms with Crippen LogP contribution in [0, 0.1) is 5.82 Å². The Bertz CT molecular complexity index is 821. The van der Waals surface area contributed by atoms with Crippen LogP contribution in [0.4, 0.5) is 20.6 Å². The molecule has 138 valence electrons. The molecule has 26 heavy (non-hydrogen) atoms. The van der Waals surface area contributed by atoms with Gasteiger partial charge in [0.15, 0.2) is 0 Å². The van der Waals surface area contributed by atoms with Crippen molar-refractivity contribution >= 4 is 28.3 Å². The lowest BCUT2D eigenvalue weighted by Crippen LogP contribution is -2.38. The second-order valence-electron chi connectivity index (χ2n) is 6.21. The van der Waals surface area contributed by atoms with Crippen LogP contribution in [0.1, 0.15) is 0 Å². The molecule has 0 saturated carbocycles. The summed E-state index contributed by atoms with van der Waals surface area (Å²) in [6, 6.07) is 4.72. The van der Waals surface area contributed by atoms with Crippen molar-refractivity contribution in [3.8, 4) is 0 Å². The molecule has 2 aliphatic heterocycles. The first-order chi connectivity index (χ1) is 12.6. The van der Waals surface area contributed by atoms with E-state index in [0.717, 1.165) is 0 Å². The van der Waals surface area contributed by atoms with Crippen molar-refractivity contribution in [1.82, 2.24) is 15.0 Å². The Kier molecular flexibility index (Phi) is 4.58. The molecule has 1 atom stereocenters. The Morgan fingerprint density at radius 2 is 2.12 bits per heavy atom. The van der Waals surface area contributed by atoms with Crippen molar-refractivity contribution in [3.05, 3.63) is 36.4 Å². The molecule has 2 saturated heterocycles. The molecule has 0 radical (unpaired) electrons. The van der Waals surface area contributed by atoms with Crippen LogP contribution in [0.2, 0.25) is 0 Å². The molecule has 0 bridgehead atoms. The molecule has 10 heteroatoms. The van der Waals surface area contributed by atoms with Gasteiger partial charge in [0.2, 0.25) is 0 Å². The number of aromatic nitrogens is 3. The van der Waals surface area contributed by atoms with Crippen molar-refractivity contribution in [2.45, 2.75) is 12.6 Å². The number of carbonyl (C=O) groups is 1. The third-order valence-corrected chi connectivity index (χ3v) is 5.77. The Balaban J connectivity index is 1.47. The van der Waals surface area contributed by atoms with Crippen LogP contribution >= 0.6 is 0 Å². The van der Waals surface area contributed by atoms with Crippen molar-refractivity contribution in [1.29, 1.82) is 0 Å². The highest BCUT2D eigenvalue weighted by molar-refractivity contribution is 7.85. The van der Waals surface area contributed by atoms with Gasteiger partial charge in [-0.2, -0.15) is 0 Å². The summed E-state index contributed by atoms with van der Waals surface area (Å²) >= 11 is 0. The number of ether oxygens (including phenoxy) is 1. The fourth-order valence-electron chi connectivity index (χ4n) is 3.17. The highest BCUT2D eigenvalue weighted by Crippen LogP contribution is 2.28. The maximum atomic E-state index is 14.6. The molecule has 3 heterocycles. The van der Waals surface area contributed by atoms with Gasteiger partial charge in [0.25, 0.3) is 0 Å². The zero-order valence-corrected chi connectivity index (χ0v) is 14.8. The number of rotatable bonds is 4. The molecule has 0 spiro atoms. The third-order valence-electron chi connectivity index (χ3n) is 4.50. The van der Waals surface area contributed by atoms with Crippen molar-refractivity contribution in [2.75, 3.05) is 40.9 Å². The molecule has 2 fully saturated rings. The standard InChI is InChI=1S/C16H18FN5O3S/c17-14-9-12(1-2-15(14)20-5-7-26(24)8-6-20)22-11-13(25-16(22)23)10-21-4-3-18-19-21/h1-4,9,13H,5-8,10-11H2/t13-/m0/s1. The second-order valence-corrected chi connectivity index (χ2v) is 7.91. The summed E-state index contributed by atoms with van der Waals surface area (Å²) in [7, 11) is -0.815. The Labute approximate surface area is 152 Å². The van der Waals surface area contributed by atoms with E-state index < -0.39 is 22.7 Å². The van der Waals surface area contributed by atoms with E-state index in [1.807, 2.05) is 4.90 Å². The Morgan fingerprint density at radius 3 is 2.81 bits per heavy atom. The average molecular weight is 379 g/mol. The van der Waals surface area contributed by atoms with E-state index in [1.165, 1.54) is 11.0 Å². The lowest BCUT2D eigenvalue weighted by molar-refractivity contribution is 0.129. The van der Waals surface area contributed by atoms with E-state index in [0.29, 0.717) is 49.1 Å². The minimum absolute atomic E-state index is 0.320. The maximum Gasteiger partial charge on any atom is 0.414 e. The summed E-state index contributed by atoms with van der Waals surface area (Å²) in [6.45, 7) is 1.84. The molecule has 1 aromatic heterocycles. The first-order valence-electron chi connectivity index (χ1n) is 8.32. The van der Waals surface area contributed by atoms with Crippen LogP contribution in [0.25, 0.3) is 0 Å².